The van der Waals surface area contributed by atoms with Gasteiger partial charge in [-0.25, -0.2) is 4.39 Å². The van der Waals surface area contributed by atoms with E-state index in [9.17, 15) is 4.39 Å². The summed E-state index contributed by atoms with van der Waals surface area (Å²) in [5.74, 6) is 1.49. The van der Waals surface area contributed by atoms with E-state index < -0.39 is 0 Å². The van der Waals surface area contributed by atoms with Crippen LogP contribution in [-0.4, -0.2) is 23.0 Å². The van der Waals surface area contributed by atoms with Crippen molar-refractivity contribution in [1.29, 1.82) is 0 Å². The van der Waals surface area contributed by atoms with Gasteiger partial charge in [-0.3, -0.25) is 4.90 Å². The topological polar surface area (TPSA) is 29.3 Å². The van der Waals surface area contributed by atoms with Crippen LogP contribution in [0, 0.1) is 17.7 Å². The van der Waals surface area contributed by atoms with Crippen molar-refractivity contribution >= 4 is 17.2 Å². The SMILES string of the molecule is NC(=S)c1ccc(CN(CC2CC2)CC2CC2)c(F)c1. The van der Waals surface area contributed by atoms with E-state index in [0.717, 1.165) is 30.5 Å². The normalized spacial score (nSPS) is 18.5. The van der Waals surface area contributed by atoms with Crippen LogP contribution in [0.3, 0.4) is 0 Å². The minimum Gasteiger partial charge on any atom is -0.389 e. The molecule has 0 aromatic heterocycles. The van der Waals surface area contributed by atoms with Crippen LogP contribution in [0.15, 0.2) is 18.2 Å². The highest BCUT2D eigenvalue weighted by Gasteiger charge is 2.29. The number of halogens is 1. The smallest absolute Gasteiger partial charge is 0.128 e. The molecule has 2 aliphatic carbocycles. The van der Waals surface area contributed by atoms with E-state index in [2.05, 4.69) is 4.90 Å². The van der Waals surface area contributed by atoms with Gasteiger partial charge in [-0.2, -0.15) is 0 Å². The number of hydrogen-bond acceptors (Lipinski definition) is 2. The first kappa shape index (κ1) is 14.0. The zero-order valence-corrected chi connectivity index (χ0v) is 12.5. The molecule has 2 N–H and O–H groups in total. The molecule has 4 heteroatoms. The molecule has 1 aromatic rings. The Labute approximate surface area is 125 Å². The van der Waals surface area contributed by atoms with Crippen molar-refractivity contribution < 1.29 is 4.39 Å². The van der Waals surface area contributed by atoms with Gasteiger partial charge >= 0.3 is 0 Å². The van der Waals surface area contributed by atoms with E-state index >= 15 is 0 Å². The summed E-state index contributed by atoms with van der Waals surface area (Å²) < 4.78 is 14.1. The van der Waals surface area contributed by atoms with E-state index in [4.69, 9.17) is 18.0 Å². The van der Waals surface area contributed by atoms with Gasteiger partial charge < -0.3 is 5.73 Å². The number of nitrogens with two attached hydrogens (primary N) is 1. The average molecular weight is 292 g/mol. The fourth-order valence-electron chi connectivity index (χ4n) is 2.60. The predicted octanol–water partition coefficient (Wildman–Crippen LogP) is 3.08. The minimum atomic E-state index is -0.188. The van der Waals surface area contributed by atoms with Crippen molar-refractivity contribution in [3.63, 3.8) is 0 Å². The maximum atomic E-state index is 14.1. The van der Waals surface area contributed by atoms with E-state index in [1.807, 2.05) is 12.1 Å². The first-order valence-corrected chi connectivity index (χ1v) is 7.83. The quantitative estimate of drug-likeness (QED) is 0.783. The van der Waals surface area contributed by atoms with E-state index in [0.29, 0.717) is 12.1 Å². The van der Waals surface area contributed by atoms with Crippen molar-refractivity contribution in [3.05, 3.63) is 35.1 Å². The van der Waals surface area contributed by atoms with E-state index in [1.54, 1.807) is 0 Å². The summed E-state index contributed by atoms with van der Waals surface area (Å²) in [4.78, 5) is 2.68. The van der Waals surface area contributed by atoms with Crippen molar-refractivity contribution in [2.75, 3.05) is 13.1 Å². The highest BCUT2D eigenvalue weighted by molar-refractivity contribution is 7.80. The van der Waals surface area contributed by atoms with Gasteiger partial charge in [0.15, 0.2) is 0 Å². The Morgan fingerprint density at radius 3 is 2.25 bits per heavy atom. The summed E-state index contributed by atoms with van der Waals surface area (Å²) in [6.07, 6.45) is 5.35. The maximum Gasteiger partial charge on any atom is 0.128 e. The Kier molecular flexibility index (Phi) is 4.03. The fraction of sp³-hybridized carbons (Fsp3) is 0.562. The van der Waals surface area contributed by atoms with Crippen LogP contribution >= 0.6 is 12.2 Å². The third-order valence-electron chi connectivity index (χ3n) is 4.16. The Bertz CT molecular complexity index is 495. The van der Waals surface area contributed by atoms with Crippen LogP contribution in [0.2, 0.25) is 0 Å². The first-order valence-electron chi connectivity index (χ1n) is 7.42. The molecule has 2 aliphatic rings. The second kappa shape index (κ2) is 5.78. The second-order valence-electron chi connectivity index (χ2n) is 6.25. The van der Waals surface area contributed by atoms with Gasteiger partial charge in [0, 0.05) is 30.8 Å². The van der Waals surface area contributed by atoms with Crippen LogP contribution in [-0.2, 0) is 6.54 Å². The zero-order valence-electron chi connectivity index (χ0n) is 11.6. The van der Waals surface area contributed by atoms with Crippen LogP contribution in [0.25, 0.3) is 0 Å². The average Bonchev–Trinajstić information content (AvgIpc) is 3.27. The lowest BCUT2D eigenvalue weighted by Gasteiger charge is -2.22. The number of nitrogens with zero attached hydrogens (tertiary/aromatic N) is 1. The molecule has 0 bridgehead atoms. The van der Waals surface area contributed by atoms with Gasteiger partial charge in [0.2, 0.25) is 0 Å². The summed E-state index contributed by atoms with van der Waals surface area (Å²) in [6, 6.07) is 5.12. The summed E-state index contributed by atoms with van der Waals surface area (Å²) >= 11 is 4.88. The molecule has 20 heavy (non-hydrogen) atoms. The Morgan fingerprint density at radius 1 is 1.20 bits per heavy atom. The summed E-state index contributed by atoms with van der Waals surface area (Å²) in [5, 5.41) is 0. The number of thiocarbonyl (C=S) groups is 1. The van der Waals surface area contributed by atoms with E-state index in [1.165, 1.54) is 31.7 Å². The molecule has 108 valence electrons. The summed E-state index contributed by atoms with van der Waals surface area (Å²) in [5.41, 5.74) is 6.90. The lowest BCUT2D eigenvalue weighted by Crippen LogP contribution is -2.28. The second-order valence-corrected chi connectivity index (χ2v) is 6.69. The first-order chi connectivity index (χ1) is 9.61. The molecule has 0 radical (unpaired) electrons. The van der Waals surface area contributed by atoms with Gasteiger partial charge in [0.1, 0.15) is 10.8 Å². The third-order valence-corrected chi connectivity index (χ3v) is 4.39. The molecular weight excluding hydrogens is 271 g/mol. The van der Waals surface area contributed by atoms with Gasteiger partial charge in [-0.15, -0.1) is 0 Å². The number of rotatable bonds is 7. The lowest BCUT2D eigenvalue weighted by molar-refractivity contribution is 0.241. The molecule has 0 aliphatic heterocycles. The molecular formula is C16H21FN2S. The Hall–Kier alpha value is -1.00. The van der Waals surface area contributed by atoms with Crippen molar-refractivity contribution in [3.8, 4) is 0 Å². The lowest BCUT2D eigenvalue weighted by atomic mass is 10.1. The number of hydrogen-bond donors (Lipinski definition) is 1. The predicted molar refractivity (Wildman–Crippen MR) is 83.0 cm³/mol. The highest BCUT2D eigenvalue weighted by Crippen LogP contribution is 2.34. The van der Waals surface area contributed by atoms with Crippen molar-refractivity contribution in [2.45, 2.75) is 32.2 Å². The molecule has 0 saturated heterocycles. The standard InChI is InChI=1S/C16H21FN2S/c17-15-7-13(16(18)20)5-6-14(15)10-19(8-11-1-2-11)9-12-3-4-12/h5-7,11-12H,1-4,8-10H2,(H2,18,20). The minimum absolute atomic E-state index is 0.188. The molecule has 0 amide bonds. The third kappa shape index (κ3) is 3.76. The van der Waals surface area contributed by atoms with Gasteiger partial charge in [-0.1, -0.05) is 24.4 Å². The molecule has 1 aromatic carbocycles. The molecule has 2 saturated carbocycles. The Balaban J connectivity index is 1.67. The molecule has 3 rings (SSSR count). The Morgan fingerprint density at radius 2 is 1.80 bits per heavy atom. The highest BCUT2D eigenvalue weighted by atomic mass is 32.1. The fourth-order valence-corrected chi connectivity index (χ4v) is 2.73. The maximum absolute atomic E-state index is 14.1. The van der Waals surface area contributed by atoms with E-state index in [-0.39, 0.29) is 10.8 Å². The van der Waals surface area contributed by atoms with Crippen LogP contribution in [0.1, 0.15) is 36.8 Å². The zero-order chi connectivity index (χ0) is 14.1. The molecule has 2 nitrogen and oxygen atoms in total. The monoisotopic (exact) mass is 292 g/mol. The van der Waals surface area contributed by atoms with Gasteiger partial charge in [0.25, 0.3) is 0 Å². The summed E-state index contributed by atoms with van der Waals surface area (Å²) in [6.45, 7) is 2.94. The van der Waals surface area contributed by atoms with Crippen molar-refractivity contribution in [2.24, 2.45) is 17.6 Å². The molecule has 0 heterocycles. The van der Waals surface area contributed by atoms with Crippen molar-refractivity contribution in [1.82, 2.24) is 4.90 Å². The molecule has 0 spiro atoms. The summed E-state index contributed by atoms with van der Waals surface area (Å²) in [7, 11) is 0. The van der Waals surface area contributed by atoms with Gasteiger partial charge in [0.05, 0.1) is 0 Å². The van der Waals surface area contributed by atoms with Crippen LogP contribution < -0.4 is 5.73 Å². The van der Waals surface area contributed by atoms with Crippen LogP contribution in [0.5, 0.6) is 0 Å². The van der Waals surface area contributed by atoms with Gasteiger partial charge in [-0.05, 0) is 43.6 Å². The largest absolute Gasteiger partial charge is 0.389 e. The van der Waals surface area contributed by atoms with Crippen LogP contribution in [0.4, 0.5) is 4.39 Å². The molecule has 0 unspecified atom stereocenters. The number of benzene rings is 1. The molecule has 0 atom stereocenters. The molecule has 2 fully saturated rings.